The molecule has 7 nitrogen and oxygen atoms in total. The van der Waals surface area contributed by atoms with E-state index in [1.54, 1.807) is 4.90 Å². The molecule has 0 radical (unpaired) electrons. The highest BCUT2D eigenvalue weighted by Gasteiger charge is 2.40. The van der Waals surface area contributed by atoms with Gasteiger partial charge in [0.05, 0.1) is 17.8 Å². The van der Waals surface area contributed by atoms with Gasteiger partial charge < -0.3 is 25.2 Å². The first kappa shape index (κ1) is 26.9. The summed E-state index contributed by atoms with van der Waals surface area (Å²) >= 11 is 0. The zero-order chi connectivity index (χ0) is 26.4. The number of hydrogen-bond acceptors (Lipinski definition) is 4. The van der Waals surface area contributed by atoms with Crippen LogP contribution in [0.1, 0.15) is 57.5 Å². The van der Waals surface area contributed by atoms with Crippen molar-refractivity contribution < 1.29 is 9.90 Å². The first-order valence-electron chi connectivity index (χ1n) is 13.4. The van der Waals surface area contributed by atoms with E-state index in [0.29, 0.717) is 39.1 Å². The molecule has 7 heteroatoms. The van der Waals surface area contributed by atoms with Crippen molar-refractivity contribution in [1.29, 1.82) is 0 Å². The van der Waals surface area contributed by atoms with E-state index in [-0.39, 0.29) is 17.5 Å². The van der Waals surface area contributed by atoms with E-state index < -0.39 is 6.10 Å². The molecule has 0 bridgehead atoms. The molecule has 3 N–H and O–H groups in total. The van der Waals surface area contributed by atoms with Gasteiger partial charge in [-0.1, -0.05) is 81.4 Å². The first-order valence-corrected chi connectivity index (χ1v) is 13.4. The summed E-state index contributed by atoms with van der Waals surface area (Å²) in [6.07, 6.45) is 3.86. The molecule has 3 aromatic rings. The molecule has 1 aliphatic heterocycles. The van der Waals surface area contributed by atoms with Crippen LogP contribution in [0.4, 0.5) is 4.79 Å². The zero-order valence-electron chi connectivity index (χ0n) is 22.4. The summed E-state index contributed by atoms with van der Waals surface area (Å²) in [7, 11) is 0. The minimum atomic E-state index is -0.480. The summed E-state index contributed by atoms with van der Waals surface area (Å²) in [5.74, 6) is 0.859. The van der Waals surface area contributed by atoms with Crippen LogP contribution in [-0.4, -0.2) is 62.8 Å². The lowest BCUT2D eigenvalue weighted by Crippen LogP contribution is -2.52. The van der Waals surface area contributed by atoms with Crippen LogP contribution in [0.15, 0.2) is 66.9 Å². The second kappa shape index (κ2) is 11.9. The van der Waals surface area contributed by atoms with E-state index >= 15 is 0 Å². The third-order valence-corrected chi connectivity index (χ3v) is 6.97. The van der Waals surface area contributed by atoms with E-state index in [2.05, 4.69) is 55.8 Å². The van der Waals surface area contributed by atoms with Crippen LogP contribution < -0.4 is 5.73 Å². The van der Waals surface area contributed by atoms with Gasteiger partial charge in [0.2, 0.25) is 0 Å². The van der Waals surface area contributed by atoms with Crippen LogP contribution in [0.5, 0.6) is 0 Å². The lowest BCUT2D eigenvalue weighted by molar-refractivity contribution is 0.0475. The molecule has 0 spiro atoms. The lowest BCUT2D eigenvalue weighted by atomic mass is 9.84. The zero-order valence-corrected chi connectivity index (χ0v) is 22.4. The second-order valence-electron chi connectivity index (χ2n) is 11.1. The molecule has 1 saturated heterocycles. The number of imidazole rings is 1. The summed E-state index contributed by atoms with van der Waals surface area (Å²) in [4.78, 5) is 23.0. The number of benzene rings is 2. The molecule has 1 fully saturated rings. The van der Waals surface area contributed by atoms with E-state index in [9.17, 15) is 9.90 Å². The third-order valence-electron chi connectivity index (χ3n) is 6.97. The van der Waals surface area contributed by atoms with Crippen molar-refractivity contribution in [3.8, 4) is 11.3 Å². The van der Waals surface area contributed by atoms with Gasteiger partial charge in [-0.3, -0.25) is 0 Å². The van der Waals surface area contributed by atoms with E-state index in [4.69, 9.17) is 10.7 Å². The minimum Gasteiger partial charge on any atom is -0.391 e. The molecule has 4 rings (SSSR count). The normalized spacial score (nSPS) is 17.0. The highest BCUT2D eigenvalue weighted by atomic mass is 16.3. The lowest BCUT2D eigenvalue weighted by Gasteiger charge is -2.43. The van der Waals surface area contributed by atoms with Gasteiger partial charge in [0.15, 0.2) is 0 Å². The van der Waals surface area contributed by atoms with Gasteiger partial charge in [-0.25, -0.2) is 9.78 Å². The van der Waals surface area contributed by atoms with Crippen LogP contribution in [0, 0.1) is 5.41 Å². The Hall–Kier alpha value is -3.16. The highest BCUT2D eigenvalue weighted by Crippen LogP contribution is 2.40. The molecule has 1 aliphatic rings. The predicted molar refractivity (Wildman–Crippen MR) is 148 cm³/mol. The van der Waals surface area contributed by atoms with E-state index in [1.165, 1.54) is 5.56 Å². The van der Waals surface area contributed by atoms with Gasteiger partial charge in [0, 0.05) is 37.9 Å². The number of aliphatic hydroxyl groups is 1. The molecule has 2 amide bonds. The maximum absolute atomic E-state index is 14.0. The first-order chi connectivity index (χ1) is 17.8. The summed E-state index contributed by atoms with van der Waals surface area (Å²) in [5.41, 5.74) is 8.73. The van der Waals surface area contributed by atoms with Crippen molar-refractivity contribution in [2.75, 3.05) is 26.2 Å². The number of likely N-dealkylation sites (tertiary alicyclic amines) is 1. The van der Waals surface area contributed by atoms with Crippen molar-refractivity contribution in [1.82, 2.24) is 19.4 Å². The smallest absolute Gasteiger partial charge is 0.320 e. The summed E-state index contributed by atoms with van der Waals surface area (Å²) in [5, 5.41) is 10.3. The Labute approximate surface area is 220 Å². The van der Waals surface area contributed by atoms with E-state index in [1.807, 2.05) is 41.3 Å². The molecule has 2 atom stereocenters. The van der Waals surface area contributed by atoms with Gasteiger partial charge in [0.1, 0.15) is 5.82 Å². The van der Waals surface area contributed by atoms with Crippen molar-refractivity contribution >= 4 is 6.03 Å². The largest absolute Gasteiger partial charge is 0.391 e. The van der Waals surface area contributed by atoms with Gasteiger partial charge in [-0.05, 0) is 36.8 Å². The average molecular weight is 504 g/mol. The molecule has 1 unspecified atom stereocenters. The molecular formula is C30H41N5O2. The van der Waals surface area contributed by atoms with Gasteiger partial charge in [-0.2, -0.15) is 0 Å². The van der Waals surface area contributed by atoms with Crippen molar-refractivity contribution in [3.05, 3.63) is 78.2 Å². The van der Waals surface area contributed by atoms with Gasteiger partial charge >= 0.3 is 6.03 Å². The standard InChI is InChI=1S/C30H41N5O2/c1-30(2,3)27(35(19-11-17-31)29(37)33-18-10-16-25(36)21-33)28-32-26(24-14-8-5-9-15-24)22-34(28)20-23-12-6-4-7-13-23/h4-9,12-15,22,25,27,36H,10-11,16-21,31H2,1-3H3/t25?,27-/m0/s1. The maximum Gasteiger partial charge on any atom is 0.320 e. The van der Waals surface area contributed by atoms with Gasteiger partial charge in [0.25, 0.3) is 0 Å². The van der Waals surface area contributed by atoms with E-state index in [0.717, 1.165) is 29.9 Å². The Kier molecular flexibility index (Phi) is 8.67. The van der Waals surface area contributed by atoms with Gasteiger partial charge in [-0.15, -0.1) is 0 Å². The third kappa shape index (κ3) is 6.59. The number of nitrogens with two attached hydrogens (primary N) is 1. The number of amides is 2. The number of carbonyl (C=O) groups excluding carboxylic acids is 1. The van der Waals surface area contributed by atoms with Crippen molar-refractivity contribution in [2.24, 2.45) is 11.1 Å². The number of rotatable bonds is 8. The molecule has 0 saturated carbocycles. The number of β-amino-alcohol motifs (C(OH)–C–C–N with tert-alkyl or cyclic N) is 1. The number of urea groups is 1. The number of carbonyl (C=O) groups is 1. The molecule has 2 heterocycles. The SMILES string of the molecule is CC(C)(C)[C@H](c1nc(-c2ccccc2)cn1Cc1ccccc1)N(CCCN)C(=O)N1CCCC(O)C1. The molecule has 198 valence electrons. The number of aromatic nitrogens is 2. The van der Waals surface area contributed by atoms with Crippen LogP contribution in [0.3, 0.4) is 0 Å². The molecule has 1 aromatic heterocycles. The summed E-state index contributed by atoms with van der Waals surface area (Å²) < 4.78 is 2.20. The Morgan fingerprint density at radius 1 is 1.14 bits per heavy atom. The quantitative estimate of drug-likeness (QED) is 0.457. The summed E-state index contributed by atoms with van der Waals surface area (Å²) in [6.45, 7) is 9.19. The van der Waals surface area contributed by atoms with Crippen LogP contribution in [-0.2, 0) is 6.54 Å². The van der Waals surface area contributed by atoms with Crippen LogP contribution in [0.2, 0.25) is 0 Å². The number of nitrogens with zero attached hydrogens (tertiary/aromatic N) is 4. The highest BCUT2D eigenvalue weighted by molar-refractivity contribution is 5.75. The maximum atomic E-state index is 14.0. The van der Waals surface area contributed by atoms with Crippen LogP contribution in [0.25, 0.3) is 11.3 Å². The topological polar surface area (TPSA) is 87.6 Å². The Morgan fingerprint density at radius 2 is 1.81 bits per heavy atom. The Balaban J connectivity index is 1.80. The monoisotopic (exact) mass is 503 g/mol. The average Bonchev–Trinajstić information content (AvgIpc) is 3.29. The second-order valence-corrected chi connectivity index (χ2v) is 11.1. The van der Waals surface area contributed by atoms with Crippen LogP contribution >= 0.6 is 0 Å². The number of hydrogen-bond donors (Lipinski definition) is 2. The molecule has 37 heavy (non-hydrogen) atoms. The Morgan fingerprint density at radius 3 is 2.43 bits per heavy atom. The Bertz CT molecular complexity index is 1140. The molecule has 2 aromatic carbocycles. The molecule has 0 aliphatic carbocycles. The van der Waals surface area contributed by atoms with Crippen molar-refractivity contribution in [3.63, 3.8) is 0 Å². The predicted octanol–water partition coefficient (Wildman–Crippen LogP) is 4.91. The fourth-order valence-electron chi connectivity index (χ4n) is 5.20. The summed E-state index contributed by atoms with van der Waals surface area (Å²) in [6, 6.07) is 20.2. The molecular weight excluding hydrogens is 462 g/mol. The minimum absolute atomic E-state index is 0.0531. The fraction of sp³-hybridized carbons (Fsp3) is 0.467. The fourth-order valence-corrected chi connectivity index (χ4v) is 5.20. The number of aliphatic hydroxyl groups excluding tert-OH is 1. The van der Waals surface area contributed by atoms with Crippen molar-refractivity contribution in [2.45, 2.75) is 58.7 Å². The number of piperidine rings is 1.